The first-order chi connectivity index (χ1) is 12.4. The third-order valence-electron chi connectivity index (χ3n) is 6.62. The minimum atomic E-state index is -0.878. The van der Waals surface area contributed by atoms with Crippen molar-refractivity contribution < 1.29 is 14.7 Å². The lowest BCUT2D eigenvalue weighted by Crippen LogP contribution is -2.34. The van der Waals surface area contributed by atoms with Gasteiger partial charge < -0.3 is 10.4 Å². The molecule has 1 aliphatic heterocycles. The van der Waals surface area contributed by atoms with E-state index in [0.717, 1.165) is 24.0 Å². The number of fused-ring (bicyclic) bond motifs is 1. The van der Waals surface area contributed by atoms with Crippen molar-refractivity contribution >= 4 is 35.0 Å². The fourth-order valence-corrected chi connectivity index (χ4v) is 5.99. The van der Waals surface area contributed by atoms with E-state index in [1.165, 1.54) is 12.8 Å². The molecule has 0 bridgehead atoms. The molecule has 0 radical (unpaired) electrons. The number of ketones is 1. The van der Waals surface area contributed by atoms with Crippen LogP contribution in [0.1, 0.15) is 72.3 Å². The van der Waals surface area contributed by atoms with Gasteiger partial charge in [0.25, 0.3) is 0 Å². The van der Waals surface area contributed by atoms with Gasteiger partial charge in [0.2, 0.25) is 0 Å². The molecule has 0 aromatic heterocycles. The summed E-state index contributed by atoms with van der Waals surface area (Å²) in [5.41, 5.74) is 2.34. The second-order valence-electron chi connectivity index (χ2n) is 7.95. The average molecular weight is 396 g/mol. The summed E-state index contributed by atoms with van der Waals surface area (Å²) in [5.74, 6) is -0.443. The largest absolute Gasteiger partial charge is 0.480 e. The van der Waals surface area contributed by atoms with Crippen molar-refractivity contribution in [1.82, 2.24) is 5.32 Å². The Balaban J connectivity index is 1.83. The van der Waals surface area contributed by atoms with Crippen molar-refractivity contribution in [3.8, 4) is 0 Å². The number of hydrogen-bond donors (Lipinski definition) is 2. The molecular weight excluding hydrogens is 373 g/mol. The van der Waals surface area contributed by atoms with Crippen LogP contribution < -0.4 is 5.32 Å². The van der Waals surface area contributed by atoms with E-state index < -0.39 is 12.0 Å². The highest BCUT2D eigenvalue weighted by molar-refractivity contribution is 6.45. The Morgan fingerprint density at radius 1 is 1.15 bits per heavy atom. The molecule has 26 heavy (non-hydrogen) atoms. The number of carbonyl (C=O) groups is 2. The fourth-order valence-electron chi connectivity index (χ4n) is 5.39. The Kier molecular flexibility index (Phi) is 4.79. The topological polar surface area (TPSA) is 66.4 Å². The van der Waals surface area contributed by atoms with E-state index in [0.29, 0.717) is 34.5 Å². The second-order valence-corrected chi connectivity index (χ2v) is 8.70. The van der Waals surface area contributed by atoms with E-state index in [4.69, 9.17) is 23.2 Å². The van der Waals surface area contributed by atoms with Crippen LogP contribution in [0.3, 0.4) is 0 Å². The van der Waals surface area contributed by atoms with Crippen molar-refractivity contribution in [1.29, 1.82) is 0 Å². The van der Waals surface area contributed by atoms with Crippen LogP contribution >= 0.6 is 23.2 Å². The Morgan fingerprint density at radius 3 is 2.50 bits per heavy atom. The molecule has 4 unspecified atom stereocenters. The van der Waals surface area contributed by atoms with E-state index >= 15 is 0 Å². The van der Waals surface area contributed by atoms with Gasteiger partial charge >= 0.3 is 5.97 Å². The van der Waals surface area contributed by atoms with Crippen LogP contribution in [0.4, 0.5) is 0 Å². The summed E-state index contributed by atoms with van der Waals surface area (Å²) >= 11 is 13.1. The highest BCUT2D eigenvalue weighted by Gasteiger charge is 2.45. The van der Waals surface area contributed by atoms with Gasteiger partial charge in [0.05, 0.1) is 10.0 Å². The minimum absolute atomic E-state index is 0.0784. The van der Waals surface area contributed by atoms with Gasteiger partial charge in [0.15, 0.2) is 5.78 Å². The van der Waals surface area contributed by atoms with Crippen molar-refractivity contribution in [3.63, 3.8) is 0 Å². The highest BCUT2D eigenvalue weighted by Crippen LogP contribution is 2.52. The lowest BCUT2D eigenvalue weighted by atomic mass is 9.79. The molecule has 4 atom stereocenters. The van der Waals surface area contributed by atoms with Gasteiger partial charge in [0.1, 0.15) is 6.04 Å². The van der Waals surface area contributed by atoms with E-state index in [-0.39, 0.29) is 23.5 Å². The molecule has 1 saturated heterocycles. The SMILES string of the molecule is CC1C(=O)c2c(cc(C3CCNC3C(=O)O)c(Cl)c2Cl)C1C1CCCC1. The maximum absolute atomic E-state index is 12.9. The van der Waals surface area contributed by atoms with Crippen molar-refractivity contribution in [3.05, 3.63) is 32.8 Å². The smallest absolute Gasteiger partial charge is 0.321 e. The molecule has 1 aromatic carbocycles. The first kappa shape index (κ1) is 18.3. The normalized spacial score (nSPS) is 31.6. The van der Waals surface area contributed by atoms with Crippen LogP contribution in [0.5, 0.6) is 0 Å². The summed E-state index contributed by atoms with van der Waals surface area (Å²) in [6, 6.07) is 1.34. The monoisotopic (exact) mass is 395 g/mol. The summed E-state index contributed by atoms with van der Waals surface area (Å²) in [4.78, 5) is 24.5. The number of rotatable bonds is 3. The fraction of sp³-hybridized carbons (Fsp3) is 0.600. The van der Waals surface area contributed by atoms with Crippen LogP contribution in [-0.2, 0) is 4.79 Å². The van der Waals surface area contributed by atoms with E-state index in [1.54, 1.807) is 0 Å². The number of carbonyl (C=O) groups excluding carboxylic acids is 1. The molecule has 4 nitrogen and oxygen atoms in total. The Labute approximate surface area is 163 Å². The molecule has 0 amide bonds. The predicted molar refractivity (Wildman–Crippen MR) is 101 cm³/mol. The number of carboxylic acids is 1. The molecule has 0 spiro atoms. The summed E-state index contributed by atoms with van der Waals surface area (Å²) < 4.78 is 0. The van der Waals surface area contributed by atoms with E-state index in [1.807, 2.05) is 13.0 Å². The third-order valence-corrected chi connectivity index (χ3v) is 7.50. The second kappa shape index (κ2) is 6.81. The number of Topliss-reactive ketones (excluding diaryl/α,β-unsaturated/α-hetero) is 1. The summed E-state index contributed by atoms with van der Waals surface area (Å²) in [6.07, 6.45) is 5.39. The van der Waals surface area contributed by atoms with Crippen LogP contribution in [0.15, 0.2) is 6.07 Å². The third kappa shape index (κ3) is 2.69. The summed E-state index contributed by atoms with van der Waals surface area (Å²) in [5, 5.41) is 13.2. The van der Waals surface area contributed by atoms with Gasteiger partial charge in [-0.15, -0.1) is 0 Å². The van der Waals surface area contributed by atoms with E-state index in [2.05, 4.69) is 5.32 Å². The predicted octanol–water partition coefficient (Wildman–Crippen LogP) is 4.63. The Bertz CT molecular complexity index is 773. The standard InChI is InChI=1S/C20H23Cl2NO3/c1-9-14(10-4-2-3-5-10)13-8-12(11-6-7-23-18(11)20(25)26)16(21)17(22)15(13)19(9)24/h8-11,14,18,23H,2-7H2,1H3,(H,25,26). The number of hydrogen-bond acceptors (Lipinski definition) is 3. The lowest BCUT2D eigenvalue weighted by Gasteiger charge is -2.25. The van der Waals surface area contributed by atoms with E-state index in [9.17, 15) is 14.7 Å². The summed E-state index contributed by atoms with van der Waals surface area (Å²) in [6.45, 7) is 2.63. The Morgan fingerprint density at radius 2 is 1.85 bits per heavy atom. The maximum atomic E-state index is 12.9. The van der Waals surface area contributed by atoms with Gasteiger partial charge in [-0.3, -0.25) is 9.59 Å². The van der Waals surface area contributed by atoms with Crippen LogP contribution in [0.2, 0.25) is 10.0 Å². The maximum Gasteiger partial charge on any atom is 0.321 e. The molecule has 1 heterocycles. The van der Waals surface area contributed by atoms with Crippen LogP contribution in [0, 0.1) is 11.8 Å². The number of benzene rings is 1. The molecule has 6 heteroatoms. The van der Waals surface area contributed by atoms with Gasteiger partial charge in [-0.05, 0) is 48.8 Å². The molecular formula is C20H23Cl2NO3. The zero-order chi connectivity index (χ0) is 18.6. The molecule has 2 aliphatic carbocycles. The first-order valence-electron chi connectivity index (χ1n) is 9.44. The Hall–Kier alpha value is -1.10. The highest BCUT2D eigenvalue weighted by atomic mass is 35.5. The number of carboxylic acid groups (broad SMARTS) is 1. The first-order valence-corrected chi connectivity index (χ1v) is 10.2. The quantitative estimate of drug-likeness (QED) is 0.782. The molecule has 3 aliphatic rings. The van der Waals surface area contributed by atoms with Gasteiger partial charge in [-0.25, -0.2) is 0 Å². The molecule has 4 rings (SSSR count). The molecule has 1 aromatic rings. The van der Waals surface area contributed by atoms with Crippen LogP contribution in [0.25, 0.3) is 0 Å². The number of nitrogens with one attached hydrogen (secondary N) is 1. The van der Waals surface area contributed by atoms with Gasteiger partial charge in [-0.2, -0.15) is 0 Å². The van der Waals surface area contributed by atoms with Crippen molar-refractivity contribution in [2.75, 3.05) is 6.54 Å². The van der Waals surface area contributed by atoms with Crippen molar-refractivity contribution in [2.45, 2.75) is 56.9 Å². The van der Waals surface area contributed by atoms with Crippen molar-refractivity contribution in [2.24, 2.45) is 11.8 Å². The van der Waals surface area contributed by atoms with Gasteiger partial charge in [0, 0.05) is 17.4 Å². The zero-order valence-electron chi connectivity index (χ0n) is 14.7. The summed E-state index contributed by atoms with van der Waals surface area (Å²) in [7, 11) is 0. The number of aliphatic carboxylic acids is 1. The number of halogens is 2. The zero-order valence-corrected chi connectivity index (χ0v) is 16.2. The molecule has 1 saturated carbocycles. The molecule has 2 fully saturated rings. The van der Waals surface area contributed by atoms with Crippen LogP contribution in [-0.4, -0.2) is 29.4 Å². The lowest BCUT2D eigenvalue weighted by molar-refractivity contribution is -0.139. The minimum Gasteiger partial charge on any atom is -0.480 e. The molecule has 2 N–H and O–H groups in total. The molecule has 140 valence electrons. The van der Waals surface area contributed by atoms with Gasteiger partial charge in [-0.1, -0.05) is 49.0 Å². The average Bonchev–Trinajstić information content (AvgIpc) is 3.32.